The lowest BCUT2D eigenvalue weighted by molar-refractivity contribution is -0.149. The second-order valence-electron chi connectivity index (χ2n) is 9.11. The Bertz CT molecular complexity index is 1020. The molecule has 2 aromatic carbocycles. The number of rotatable bonds is 10. The van der Waals surface area contributed by atoms with Gasteiger partial charge >= 0.3 is 12.1 Å². The van der Waals surface area contributed by atoms with E-state index in [1.165, 1.54) is 11.1 Å². The molecule has 0 heterocycles. The first-order valence-corrected chi connectivity index (χ1v) is 12.2. The number of ether oxygens (including phenoxy) is 2. The summed E-state index contributed by atoms with van der Waals surface area (Å²) in [6.45, 7) is 0.860. The molecule has 0 atom stereocenters. The van der Waals surface area contributed by atoms with Crippen molar-refractivity contribution in [2.45, 2.75) is 50.0 Å². The van der Waals surface area contributed by atoms with Crippen LogP contribution >= 0.6 is 0 Å². The SMILES string of the molecule is O=C(CCOCCNC(=O)OCC1c2ccccc2-c2ccccc21)NC1(C(=O)O)CCCCC1. The van der Waals surface area contributed by atoms with Crippen molar-refractivity contribution in [1.29, 1.82) is 0 Å². The summed E-state index contributed by atoms with van der Waals surface area (Å²) < 4.78 is 10.9. The van der Waals surface area contributed by atoms with E-state index in [0.29, 0.717) is 12.8 Å². The Morgan fingerprint density at radius 1 is 0.914 bits per heavy atom. The van der Waals surface area contributed by atoms with Crippen molar-refractivity contribution in [3.05, 3.63) is 59.7 Å². The van der Waals surface area contributed by atoms with Gasteiger partial charge < -0.3 is 25.2 Å². The number of carboxylic acids is 1. The van der Waals surface area contributed by atoms with E-state index in [9.17, 15) is 19.5 Å². The first-order chi connectivity index (χ1) is 17.0. The average molecular weight is 481 g/mol. The first-order valence-electron chi connectivity index (χ1n) is 12.2. The van der Waals surface area contributed by atoms with Crippen LogP contribution in [-0.2, 0) is 19.1 Å². The normalized spacial score (nSPS) is 16.1. The second-order valence-corrected chi connectivity index (χ2v) is 9.11. The van der Waals surface area contributed by atoms with E-state index in [-0.39, 0.29) is 44.6 Å². The number of nitrogens with one attached hydrogen (secondary N) is 2. The summed E-state index contributed by atoms with van der Waals surface area (Å²) in [6.07, 6.45) is 3.05. The van der Waals surface area contributed by atoms with Crippen molar-refractivity contribution in [3.8, 4) is 11.1 Å². The van der Waals surface area contributed by atoms with Crippen LogP contribution in [0.4, 0.5) is 4.79 Å². The van der Waals surface area contributed by atoms with E-state index in [2.05, 4.69) is 34.9 Å². The highest BCUT2D eigenvalue weighted by Crippen LogP contribution is 2.44. The van der Waals surface area contributed by atoms with E-state index >= 15 is 0 Å². The highest BCUT2D eigenvalue weighted by atomic mass is 16.5. The molecule has 2 aliphatic rings. The quantitative estimate of drug-likeness (QED) is 0.445. The zero-order valence-corrected chi connectivity index (χ0v) is 19.8. The highest BCUT2D eigenvalue weighted by Gasteiger charge is 2.40. The van der Waals surface area contributed by atoms with Gasteiger partial charge in [-0.15, -0.1) is 0 Å². The summed E-state index contributed by atoms with van der Waals surface area (Å²) in [5, 5.41) is 14.9. The number of hydrogen-bond acceptors (Lipinski definition) is 5. The smallest absolute Gasteiger partial charge is 0.407 e. The lowest BCUT2D eigenvalue weighted by atomic mass is 9.81. The fraction of sp³-hybridized carbons (Fsp3) is 0.444. The zero-order valence-electron chi connectivity index (χ0n) is 19.8. The van der Waals surface area contributed by atoms with E-state index in [1.807, 2.05) is 24.3 Å². The van der Waals surface area contributed by atoms with Crippen LogP contribution in [0.15, 0.2) is 48.5 Å². The predicted octanol–water partition coefficient (Wildman–Crippen LogP) is 3.84. The number of carbonyl (C=O) groups is 3. The molecule has 2 aliphatic carbocycles. The van der Waals surface area contributed by atoms with Gasteiger partial charge in [-0.1, -0.05) is 67.8 Å². The summed E-state index contributed by atoms with van der Waals surface area (Å²) in [6, 6.07) is 16.3. The van der Waals surface area contributed by atoms with Crippen LogP contribution in [0.1, 0.15) is 55.6 Å². The van der Waals surface area contributed by atoms with Crippen molar-refractivity contribution in [2.75, 3.05) is 26.4 Å². The van der Waals surface area contributed by atoms with Gasteiger partial charge in [-0.25, -0.2) is 9.59 Å². The van der Waals surface area contributed by atoms with Gasteiger partial charge in [0.05, 0.1) is 13.2 Å². The Morgan fingerprint density at radius 2 is 1.54 bits per heavy atom. The molecule has 3 N–H and O–H groups in total. The second kappa shape index (κ2) is 11.4. The molecule has 8 heteroatoms. The monoisotopic (exact) mass is 480 g/mol. The van der Waals surface area contributed by atoms with Gasteiger partial charge in [-0.05, 0) is 35.1 Å². The Morgan fingerprint density at radius 3 is 2.17 bits per heavy atom. The van der Waals surface area contributed by atoms with Gasteiger partial charge in [0.25, 0.3) is 0 Å². The standard InChI is InChI=1S/C27H32N2O6/c30-24(29-27(25(31)32)13-6-1-7-14-27)12-16-34-17-15-28-26(33)35-18-23-21-10-4-2-8-19(21)20-9-3-5-11-22(20)23/h2-5,8-11,23H,1,6-7,12-18H2,(H,28,33)(H,29,30)(H,31,32). The number of aliphatic carboxylic acids is 1. The Labute approximate surface area is 205 Å². The summed E-state index contributed by atoms with van der Waals surface area (Å²) >= 11 is 0. The van der Waals surface area contributed by atoms with Crippen LogP contribution in [0, 0.1) is 0 Å². The van der Waals surface area contributed by atoms with E-state index in [0.717, 1.165) is 30.4 Å². The molecule has 35 heavy (non-hydrogen) atoms. The molecule has 0 aliphatic heterocycles. The van der Waals surface area contributed by atoms with E-state index < -0.39 is 17.6 Å². The minimum atomic E-state index is -1.15. The Hall–Kier alpha value is -3.39. The van der Waals surface area contributed by atoms with Gasteiger partial charge in [0.1, 0.15) is 12.1 Å². The van der Waals surface area contributed by atoms with Crippen molar-refractivity contribution >= 4 is 18.0 Å². The number of alkyl carbamates (subject to hydrolysis) is 1. The lowest BCUT2D eigenvalue weighted by Crippen LogP contribution is -2.55. The third kappa shape index (κ3) is 5.82. The number of hydrogen-bond donors (Lipinski definition) is 3. The van der Waals surface area contributed by atoms with E-state index in [4.69, 9.17) is 9.47 Å². The highest BCUT2D eigenvalue weighted by molar-refractivity contribution is 5.87. The third-order valence-electron chi connectivity index (χ3n) is 6.83. The minimum Gasteiger partial charge on any atom is -0.480 e. The molecule has 0 unspecified atom stereocenters. The predicted molar refractivity (Wildman–Crippen MR) is 130 cm³/mol. The molecule has 0 spiro atoms. The number of benzene rings is 2. The molecule has 0 saturated heterocycles. The molecule has 0 aromatic heterocycles. The molecular formula is C27H32N2O6. The van der Waals surface area contributed by atoms with Crippen molar-refractivity contribution in [3.63, 3.8) is 0 Å². The number of amides is 2. The molecule has 1 fully saturated rings. The summed E-state index contributed by atoms with van der Waals surface area (Å²) in [5.74, 6) is -1.31. The molecule has 0 bridgehead atoms. The topological polar surface area (TPSA) is 114 Å². The number of fused-ring (bicyclic) bond motifs is 3. The van der Waals surface area contributed by atoms with Crippen LogP contribution in [0.25, 0.3) is 11.1 Å². The number of carbonyl (C=O) groups excluding carboxylic acids is 2. The molecule has 1 saturated carbocycles. The first kappa shape index (κ1) is 24.7. The maximum atomic E-state index is 12.2. The van der Waals surface area contributed by atoms with Gasteiger partial charge in [0.2, 0.25) is 5.91 Å². The van der Waals surface area contributed by atoms with Crippen LogP contribution in [0.2, 0.25) is 0 Å². The minimum absolute atomic E-state index is 0.00109. The molecule has 2 aromatic rings. The largest absolute Gasteiger partial charge is 0.480 e. The maximum absolute atomic E-state index is 12.2. The van der Waals surface area contributed by atoms with Crippen molar-refractivity contribution < 1.29 is 29.0 Å². The van der Waals surface area contributed by atoms with Crippen molar-refractivity contribution in [1.82, 2.24) is 10.6 Å². The fourth-order valence-corrected chi connectivity index (χ4v) is 5.02. The van der Waals surface area contributed by atoms with Gasteiger partial charge in [0.15, 0.2) is 0 Å². The van der Waals surface area contributed by atoms with Crippen LogP contribution in [0.5, 0.6) is 0 Å². The van der Waals surface area contributed by atoms with Gasteiger partial charge in [-0.2, -0.15) is 0 Å². The lowest BCUT2D eigenvalue weighted by Gasteiger charge is -2.34. The summed E-state index contributed by atoms with van der Waals surface area (Å²) in [4.78, 5) is 36.0. The average Bonchev–Trinajstić information content (AvgIpc) is 3.19. The zero-order chi connectivity index (χ0) is 24.7. The molecule has 0 radical (unpaired) electrons. The van der Waals surface area contributed by atoms with Crippen molar-refractivity contribution in [2.24, 2.45) is 0 Å². The van der Waals surface area contributed by atoms with Crippen LogP contribution in [-0.4, -0.2) is 55.0 Å². The van der Waals surface area contributed by atoms with Gasteiger partial charge in [0, 0.05) is 18.9 Å². The van der Waals surface area contributed by atoms with Crippen LogP contribution < -0.4 is 10.6 Å². The summed E-state index contributed by atoms with van der Waals surface area (Å²) in [5.41, 5.74) is 3.50. The molecule has 8 nitrogen and oxygen atoms in total. The molecular weight excluding hydrogens is 448 g/mol. The van der Waals surface area contributed by atoms with E-state index in [1.54, 1.807) is 0 Å². The Kier molecular flexibility index (Phi) is 8.02. The summed E-state index contributed by atoms with van der Waals surface area (Å²) in [7, 11) is 0. The Balaban J connectivity index is 1.13. The molecule has 4 rings (SSSR count). The van der Waals surface area contributed by atoms with Crippen LogP contribution in [0.3, 0.4) is 0 Å². The van der Waals surface area contributed by atoms with Gasteiger partial charge in [-0.3, -0.25) is 4.79 Å². The molecule has 2 amide bonds. The molecule has 186 valence electrons. The third-order valence-corrected chi connectivity index (χ3v) is 6.83. The fourth-order valence-electron chi connectivity index (χ4n) is 5.02. The number of carboxylic acid groups (broad SMARTS) is 1. The maximum Gasteiger partial charge on any atom is 0.407 e.